The Hall–Kier alpha value is -1.29. The molecule has 22 heavy (non-hydrogen) atoms. The van der Waals surface area contributed by atoms with E-state index in [-0.39, 0.29) is 5.91 Å². The molecular formula is C18H29N3O. The van der Waals surface area contributed by atoms with Crippen LogP contribution < -0.4 is 0 Å². The first-order chi connectivity index (χ1) is 10.5. The van der Waals surface area contributed by atoms with E-state index in [1.165, 1.54) is 25.1 Å². The van der Waals surface area contributed by atoms with E-state index in [4.69, 9.17) is 0 Å². The van der Waals surface area contributed by atoms with Gasteiger partial charge in [-0.05, 0) is 66.1 Å². The predicted molar refractivity (Wildman–Crippen MR) is 89.3 cm³/mol. The maximum Gasteiger partial charge on any atom is 0.255 e. The third-order valence-electron chi connectivity index (χ3n) is 5.70. The zero-order chi connectivity index (χ0) is 15.9. The van der Waals surface area contributed by atoms with Crippen LogP contribution in [0.1, 0.15) is 54.4 Å². The molecule has 0 N–H and O–H groups in total. The maximum absolute atomic E-state index is 13.1. The van der Waals surface area contributed by atoms with Crippen LogP contribution in [0.2, 0.25) is 0 Å². The van der Waals surface area contributed by atoms with Crippen LogP contribution in [0.15, 0.2) is 6.07 Å². The van der Waals surface area contributed by atoms with E-state index in [1.807, 2.05) is 0 Å². The molecule has 4 heteroatoms. The van der Waals surface area contributed by atoms with Gasteiger partial charge in [-0.1, -0.05) is 0 Å². The normalized spacial score (nSPS) is 26.1. The molecule has 1 aromatic rings. The second kappa shape index (κ2) is 6.07. The van der Waals surface area contributed by atoms with Crippen LogP contribution in [-0.2, 0) is 6.54 Å². The largest absolute Gasteiger partial charge is 0.349 e. The lowest BCUT2D eigenvalue weighted by molar-refractivity contribution is 0.0663. The third kappa shape index (κ3) is 2.47. The first kappa shape index (κ1) is 15.6. The van der Waals surface area contributed by atoms with Gasteiger partial charge < -0.3 is 14.4 Å². The summed E-state index contributed by atoms with van der Waals surface area (Å²) in [6, 6.07) is 3.04. The average molecular weight is 303 g/mol. The van der Waals surface area contributed by atoms with Crippen molar-refractivity contribution in [3.63, 3.8) is 0 Å². The molecule has 0 aromatic carbocycles. The summed E-state index contributed by atoms with van der Waals surface area (Å²) in [6.45, 7) is 9.34. The first-order valence-corrected chi connectivity index (χ1v) is 8.72. The van der Waals surface area contributed by atoms with Crippen molar-refractivity contribution in [2.75, 3.05) is 20.1 Å². The zero-order valence-corrected chi connectivity index (χ0v) is 14.4. The highest BCUT2D eigenvalue weighted by atomic mass is 16.2. The molecule has 0 bridgehead atoms. The lowest BCUT2D eigenvalue weighted by atomic mass is 10.0. The molecular weight excluding hydrogens is 274 g/mol. The maximum atomic E-state index is 13.1. The summed E-state index contributed by atoms with van der Waals surface area (Å²) in [5, 5.41) is 0. The highest BCUT2D eigenvalue weighted by molar-refractivity contribution is 5.96. The molecule has 3 rings (SSSR count). The Balaban J connectivity index is 1.85. The number of likely N-dealkylation sites (N-methyl/N-ethyl adjacent to an activating group) is 1. The number of hydrogen-bond acceptors (Lipinski definition) is 2. The molecule has 2 aliphatic rings. The quantitative estimate of drug-likeness (QED) is 0.859. The second-order valence-electron chi connectivity index (χ2n) is 6.93. The Kier molecular flexibility index (Phi) is 4.31. The highest BCUT2D eigenvalue weighted by Crippen LogP contribution is 2.31. The Morgan fingerprint density at radius 3 is 2.45 bits per heavy atom. The SMILES string of the molecule is CCn1c(C)cc(C(=O)N2CCC[C@H]2[C@@H]2CCCN2C)c1C. The van der Waals surface area contributed by atoms with E-state index in [9.17, 15) is 4.79 Å². The van der Waals surface area contributed by atoms with E-state index < -0.39 is 0 Å². The lowest BCUT2D eigenvalue weighted by Gasteiger charge is -2.33. The fourth-order valence-corrected chi connectivity index (χ4v) is 4.53. The fourth-order valence-electron chi connectivity index (χ4n) is 4.53. The number of aromatic nitrogens is 1. The van der Waals surface area contributed by atoms with Crippen LogP contribution in [0.25, 0.3) is 0 Å². The van der Waals surface area contributed by atoms with E-state index in [1.54, 1.807) is 0 Å². The molecule has 2 saturated heterocycles. The van der Waals surface area contributed by atoms with Crippen LogP contribution in [-0.4, -0.2) is 52.5 Å². The van der Waals surface area contributed by atoms with Crippen LogP contribution >= 0.6 is 0 Å². The van der Waals surface area contributed by atoms with E-state index in [2.05, 4.69) is 48.3 Å². The third-order valence-corrected chi connectivity index (χ3v) is 5.70. The monoisotopic (exact) mass is 303 g/mol. The first-order valence-electron chi connectivity index (χ1n) is 8.72. The Labute approximate surface area is 134 Å². The average Bonchev–Trinajstić information content (AvgIpc) is 3.17. The number of nitrogens with zero attached hydrogens (tertiary/aromatic N) is 3. The van der Waals surface area contributed by atoms with Crippen molar-refractivity contribution in [1.29, 1.82) is 0 Å². The van der Waals surface area contributed by atoms with Crippen molar-refractivity contribution < 1.29 is 4.79 Å². The summed E-state index contributed by atoms with van der Waals surface area (Å²) in [5.41, 5.74) is 3.22. The summed E-state index contributed by atoms with van der Waals surface area (Å²) < 4.78 is 2.24. The van der Waals surface area contributed by atoms with Gasteiger partial charge >= 0.3 is 0 Å². The molecule has 2 atom stereocenters. The Bertz CT molecular complexity index is 563. The van der Waals surface area contributed by atoms with Crippen molar-refractivity contribution in [1.82, 2.24) is 14.4 Å². The Morgan fingerprint density at radius 2 is 1.86 bits per heavy atom. The van der Waals surface area contributed by atoms with Gasteiger partial charge in [-0.2, -0.15) is 0 Å². The molecule has 0 radical (unpaired) electrons. The molecule has 0 spiro atoms. The highest BCUT2D eigenvalue weighted by Gasteiger charge is 2.39. The number of likely N-dealkylation sites (tertiary alicyclic amines) is 2. The van der Waals surface area contributed by atoms with E-state index >= 15 is 0 Å². The molecule has 2 fully saturated rings. The summed E-state index contributed by atoms with van der Waals surface area (Å²) in [4.78, 5) is 17.7. The molecule has 2 aliphatic heterocycles. The minimum atomic E-state index is 0.246. The van der Waals surface area contributed by atoms with E-state index in [0.717, 1.165) is 37.2 Å². The smallest absolute Gasteiger partial charge is 0.255 e. The molecule has 1 aromatic heterocycles. The summed E-state index contributed by atoms with van der Waals surface area (Å²) in [6.07, 6.45) is 4.81. The summed E-state index contributed by atoms with van der Waals surface area (Å²) in [5.74, 6) is 0.246. The van der Waals surface area contributed by atoms with Gasteiger partial charge in [0, 0.05) is 36.6 Å². The number of hydrogen-bond donors (Lipinski definition) is 0. The lowest BCUT2D eigenvalue weighted by Crippen LogP contribution is -2.47. The standard InChI is InChI=1S/C18H29N3O/c1-5-20-13(2)12-15(14(20)3)18(22)21-11-7-9-17(21)16-8-6-10-19(16)4/h12,16-17H,5-11H2,1-4H3/t16-,17-/m0/s1. The number of aryl methyl sites for hydroxylation is 1. The number of carbonyl (C=O) groups is 1. The number of carbonyl (C=O) groups excluding carboxylic acids is 1. The summed E-state index contributed by atoms with van der Waals surface area (Å²) in [7, 11) is 2.21. The van der Waals surface area contributed by atoms with Gasteiger partial charge in [0.1, 0.15) is 0 Å². The minimum absolute atomic E-state index is 0.246. The van der Waals surface area contributed by atoms with Gasteiger partial charge in [0.2, 0.25) is 0 Å². The van der Waals surface area contributed by atoms with Crippen LogP contribution in [0.3, 0.4) is 0 Å². The van der Waals surface area contributed by atoms with Crippen molar-refractivity contribution in [3.05, 3.63) is 23.0 Å². The van der Waals surface area contributed by atoms with Gasteiger partial charge in [0.15, 0.2) is 0 Å². The van der Waals surface area contributed by atoms with E-state index in [0.29, 0.717) is 12.1 Å². The molecule has 4 nitrogen and oxygen atoms in total. The Morgan fingerprint density at radius 1 is 1.18 bits per heavy atom. The van der Waals surface area contributed by atoms with Crippen molar-refractivity contribution in [2.24, 2.45) is 0 Å². The fraction of sp³-hybridized carbons (Fsp3) is 0.722. The topological polar surface area (TPSA) is 28.5 Å². The second-order valence-corrected chi connectivity index (χ2v) is 6.93. The molecule has 3 heterocycles. The molecule has 122 valence electrons. The van der Waals surface area contributed by atoms with Gasteiger partial charge in [-0.3, -0.25) is 4.79 Å². The predicted octanol–water partition coefficient (Wildman–Crippen LogP) is 2.82. The number of rotatable bonds is 3. The van der Waals surface area contributed by atoms with Crippen LogP contribution in [0, 0.1) is 13.8 Å². The van der Waals surface area contributed by atoms with Crippen molar-refractivity contribution in [2.45, 2.75) is 65.1 Å². The van der Waals surface area contributed by atoms with Gasteiger partial charge in [0.25, 0.3) is 5.91 Å². The summed E-state index contributed by atoms with van der Waals surface area (Å²) >= 11 is 0. The van der Waals surface area contributed by atoms with Gasteiger partial charge in [0.05, 0.1) is 5.56 Å². The van der Waals surface area contributed by atoms with Gasteiger partial charge in [-0.15, -0.1) is 0 Å². The van der Waals surface area contributed by atoms with Crippen LogP contribution in [0.4, 0.5) is 0 Å². The van der Waals surface area contributed by atoms with Crippen molar-refractivity contribution in [3.8, 4) is 0 Å². The van der Waals surface area contributed by atoms with Crippen LogP contribution in [0.5, 0.6) is 0 Å². The molecule has 0 saturated carbocycles. The number of amides is 1. The molecule has 0 unspecified atom stereocenters. The molecule has 1 amide bonds. The molecule has 0 aliphatic carbocycles. The minimum Gasteiger partial charge on any atom is -0.349 e. The van der Waals surface area contributed by atoms with Crippen molar-refractivity contribution >= 4 is 5.91 Å². The zero-order valence-electron chi connectivity index (χ0n) is 14.4. The van der Waals surface area contributed by atoms with Gasteiger partial charge in [-0.25, -0.2) is 0 Å².